The van der Waals surface area contributed by atoms with Crippen molar-refractivity contribution in [2.45, 2.75) is 25.3 Å². The number of quaternary nitrogens is 1. The lowest BCUT2D eigenvalue weighted by molar-refractivity contribution is -0.933. The van der Waals surface area contributed by atoms with Crippen LogP contribution >= 0.6 is 0 Å². The zero-order chi connectivity index (χ0) is 14.8. The molecule has 4 atom stereocenters. The van der Waals surface area contributed by atoms with Crippen molar-refractivity contribution in [2.75, 3.05) is 14.2 Å². The summed E-state index contributed by atoms with van der Waals surface area (Å²) >= 11 is 0. The first-order valence-electron chi connectivity index (χ1n) is 7.38. The fourth-order valence-electron chi connectivity index (χ4n) is 2.98. The number of rotatable bonds is 3. The molecule has 4 unspecified atom stereocenters. The van der Waals surface area contributed by atoms with E-state index in [2.05, 4.69) is 50.4 Å². The lowest BCUT2D eigenvalue weighted by Crippen LogP contribution is -3.10. The minimum Gasteiger partial charge on any atom is -0.497 e. The molecule has 2 aromatic carbocycles. The maximum Gasteiger partial charge on any atom is 0.219 e. The SMILES string of the molecule is COc1ccc(C2OC(c3ccccc3)C(C)[NH+]2C)cc1. The Kier molecular flexibility index (Phi) is 3.95. The summed E-state index contributed by atoms with van der Waals surface area (Å²) in [6.45, 7) is 2.25. The Labute approximate surface area is 126 Å². The molecule has 0 aliphatic carbocycles. The van der Waals surface area contributed by atoms with Gasteiger partial charge >= 0.3 is 0 Å². The summed E-state index contributed by atoms with van der Waals surface area (Å²) in [5.74, 6) is 0.877. The second kappa shape index (κ2) is 5.88. The summed E-state index contributed by atoms with van der Waals surface area (Å²) in [4.78, 5) is 1.38. The van der Waals surface area contributed by atoms with E-state index in [1.165, 1.54) is 16.0 Å². The predicted octanol–water partition coefficient (Wildman–Crippen LogP) is 2.37. The number of methoxy groups -OCH3 is 1. The van der Waals surface area contributed by atoms with Crippen molar-refractivity contribution < 1.29 is 14.4 Å². The van der Waals surface area contributed by atoms with Gasteiger partial charge in [0.15, 0.2) is 0 Å². The molecule has 1 heterocycles. The van der Waals surface area contributed by atoms with Crippen LogP contribution in [0.25, 0.3) is 0 Å². The van der Waals surface area contributed by atoms with Crippen molar-refractivity contribution >= 4 is 0 Å². The molecular formula is C18H22NO2+. The van der Waals surface area contributed by atoms with Crippen LogP contribution in [0.5, 0.6) is 5.75 Å². The zero-order valence-electron chi connectivity index (χ0n) is 12.7. The maximum absolute atomic E-state index is 6.35. The Hall–Kier alpha value is -1.84. The molecule has 2 aromatic rings. The Morgan fingerprint density at radius 2 is 1.62 bits per heavy atom. The number of benzene rings is 2. The van der Waals surface area contributed by atoms with Gasteiger partial charge in [-0.25, -0.2) is 0 Å². The van der Waals surface area contributed by atoms with Crippen LogP contribution in [0, 0.1) is 0 Å². The average Bonchev–Trinajstić information content (AvgIpc) is 2.84. The molecule has 3 heteroatoms. The molecule has 0 bridgehead atoms. The van der Waals surface area contributed by atoms with Gasteiger partial charge in [0.25, 0.3) is 0 Å². The highest BCUT2D eigenvalue weighted by atomic mass is 16.5. The molecule has 3 nitrogen and oxygen atoms in total. The van der Waals surface area contributed by atoms with E-state index in [1.807, 2.05) is 18.2 Å². The van der Waals surface area contributed by atoms with E-state index in [4.69, 9.17) is 9.47 Å². The highest BCUT2D eigenvalue weighted by Gasteiger charge is 2.42. The van der Waals surface area contributed by atoms with Crippen molar-refractivity contribution in [3.8, 4) is 5.75 Å². The van der Waals surface area contributed by atoms with Gasteiger partial charge in [0.2, 0.25) is 6.23 Å². The van der Waals surface area contributed by atoms with Crippen LogP contribution in [-0.4, -0.2) is 20.2 Å². The molecule has 0 aromatic heterocycles. The Bertz CT molecular complexity index is 582. The number of likely N-dealkylation sites (N-methyl/N-ethyl adjacent to an activating group) is 1. The minimum atomic E-state index is 0.0658. The average molecular weight is 284 g/mol. The molecule has 0 saturated carbocycles. The van der Waals surface area contributed by atoms with E-state index in [-0.39, 0.29) is 12.3 Å². The van der Waals surface area contributed by atoms with Gasteiger partial charge in [0.05, 0.1) is 14.2 Å². The second-order valence-corrected chi connectivity index (χ2v) is 5.65. The van der Waals surface area contributed by atoms with Crippen molar-refractivity contribution in [2.24, 2.45) is 0 Å². The van der Waals surface area contributed by atoms with E-state index >= 15 is 0 Å². The van der Waals surface area contributed by atoms with Gasteiger partial charge in [-0.15, -0.1) is 0 Å². The fourth-order valence-corrected chi connectivity index (χ4v) is 2.98. The molecule has 0 spiro atoms. The van der Waals surface area contributed by atoms with E-state index in [0.717, 1.165) is 5.75 Å². The third kappa shape index (κ3) is 2.67. The third-order valence-electron chi connectivity index (χ3n) is 4.42. The smallest absolute Gasteiger partial charge is 0.219 e. The van der Waals surface area contributed by atoms with Crippen LogP contribution in [-0.2, 0) is 4.74 Å². The summed E-state index contributed by atoms with van der Waals surface area (Å²) in [5.41, 5.74) is 2.44. The normalized spacial score (nSPS) is 28.5. The van der Waals surface area contributed by atoms with Crippen molar-refractivity contribution in [3.63, 3.8) is 0 Å². The Balaban J connectivity index is 1.84. The van der Waals surface area contributed by atoms with Crippen LogP contribution in [0.4, 0.5) is 0 Å². The van der Waals surface area contributed by atoms with Crippen molar-refractivity contribution in [3.05, 3.63) is 65.7 Å². The molecule has 110 valence electrons. The first-order chi connectivity index (χ1) is 10.2. The predicted molar refractivity (Wildman–Crippen MR) is 82.4 cm³/mol. The van der Waals surface area contributed by atoms with Crippen LogP contribution in [0.15, 0.2) is 54.6 Å². The minimum absolute atomic E-state index is 0.0658. The number of ether oxygens (including phenoxy) is 2. The van der Waals surface area contributed by atoms with Gasteiger partial charge in [0, 0.05) is 5.56 Å². The molecule has 21 heavy (non-hydrogen) atoms. The van der Waals surface area contributed by atoms with E-state index in [9.17, 15) is 0 Å². The quantitative estimate of drug-likeness (QED) is 0.935. The van der Waals surface area contributed by atoms with Crippen LogP contribution in [0.3, 0.4) is 0 Å². The lowest BCUT2D eigenvalue weighted by atomic mass is 10.0. The molecule has 1 fully saturated rings. The highest BCUT2D eigenvalue weighted by Crippen LogP contribution is 2.31. The topological polar surface area (TPSA) is 22.9 Å². The third-order valence-corrected chi connectivity index (χ3v) is 4.42. The van der Waals surface area contributed by atoms with Gasteiger partial charge in [-0.05, 0) is 36.8 Å². The van der Waals surface area contributed by atoms with E-state index in [0.29, 0.717) is 6.04 Å². The lowest BCUT2D eigenvalue weighted by Gasteiger charge is -2.18. The van der Waals surface area contributed by atoms with Gasteiger partial charge in [-0.3, -0.25) is 0 Å². The van der Waals surface area contributed by atoms with E-state index < -0.39 is 0 Å². The van der Waals surface area contributed by atoms with Gasteiger partial charge < -0.3 is 14.4 Å². The Morgan fingerprint density at radius 3 is 2.24 bits per heavy atom. The fraction of sp³-hybridized carbons (Fsp3) is 0.333. The number of hydrogen-bond acceptors (Lipinski definition) is 2. The van der Waals surface area contributed by atoms with Crippen LogP contribution in [0.2, 0.25) is 0 Å². The molecule has 1 aliphatic rings. The molecule has 1 aliphatic heterocycles. The summed E-state index contributed by atoms with van der Waals surface area (Å²) in [5, 5.41) is 0. The monoisotopic (exact) mass is 284 g/mol. The molecule has 0 amide bonds. The first-order valence-corrected chi connectivity index (χ1v) is 7.38. The van der Waals surface area contributed by atoms with Crippen LogP contribution in [0.1, 0.15) is 30.4 Å². The van der Waals surface area contributed by atoms with Gasteiger partial charge in [-0.1, -0.05) is 30.3 Å². The van der Waals surface area contributed by atoms with Crippen molar-refractivity contribution in [1.29, 1.82) is 0 Å². The van der Waals surface area contributed by atoms with Crippen molar-refractivity contribution in [1.82, 2.24) is 0 Å². The number of nitrogens with one attached hydrogen (secondary N) is 1. The largest absolute Gasteiger partial charge is 0.497 e. The second-order valence-electron chi connectivity index (χ2n) is 5.65. The molecular weight excluding hydrogens is 262 g/mol. The summed E-state index contributed by atoms with van der Waals surface area (Å²) in [7, 11) is 3.88. The summed E-state index contributed by atoms with van der Waals surface area (Å²) in [6, 6.07) is 19.1. The molecule has 1 N–H and O–H groups in total. The molecule has 3 rings (SSSR count). The van der Waals surface area contributed by atoms with Crippen LogP contribution < -0.4 is 9.64 Å². The van der Waals surface area contributed by atoms with Gasteiger partial charge in [0.1, 0.15) is 17.9 Å². The Morgan fingerprint density at radius 1 is 0.952 bits per heavy atom. The highest BCUT2D eigenvalue weighted by molar-refractivity contribution is 5.28. The standard InChI is InChI=1S/C18H21NO2/c1-13-17(14-7-5-4-6-8-14)21-18(19(13)2)15-9-11-16(20-3)12-10-15/h4-13,17-18H,1-3H3/p+1. The van der Waals surface area contributed by atoms with Gasteiger partial charge in [-0.2, -0.15) is 0 Å². The first kappa shape index (κ1) is 14.1. The zero-order valence-corrected chi connectivity index (χ0v) is 12.7. The molecule has 0 radical (unpaired) electrons. The summed E-state index contributed by atoms with van der Waals surface area (Å²) in [6.07, 6.45) is 0.203. The maximum atomic E-state index is 6.35. The van der Waals surface area contributed by atoms with E-state index in [1.54, 1.807) is 7.11 Å². The molecule has 1 saturated heterocycles. The number of hydrogen-bond donors (Lipinski definition) is 1. The summed E-state index contributed by atoms with van der Waals surface area (Å²) < 4.78 is 11.6.